The molecule has 70 valence electrons. The molecule has 0 saturated carbocycles. The molecule has 0 aliphatic rings. The van der Waals surface area contributed by atoms with Crippen LogP contribution in [0.3, 0.4) is 0 Å². The maximum absolute atomic E-state index is 5.14. The first kappa shape index (κ1) is 10.3. The van der Waals surface area contributed by atoms with Crippen LogP contribution in [0.4, 0.5) is 0 Å². The van der Waals surface area contributed by atoms with Crippen molar-refractivity contribution in [1.29, 1.82) is 0 Å². The Morgan fingerprint density at radius 2 is 2.46 bits per heavy atom. The van der Waals surface area contributed by atoms with Crippen molar-refractivity contribution in [2.45, 2.75) is 6.92 Å². The van der Waals surface area contributed by atoms with E-state index in [0.29, 0.717) is 4.32 Å². The van der Waals surface area contributed by atoms with Crippen LogP contribution in [-0.4, -0.2) is 16.3 Å². The first-order valence-corrected chi connectivity index (χ1v) is 5.29. The molecule has 5 heteroatoms. The Morgan fingerprint density at radius 1 is 1.69 bits per heavy atom. The zero-order chi connectivity index (χ0) is 9.68. The number of hydrogen-bond acceptors (Lipinski definition) is 4. The number of hydrogen-bond donors (Lipinski definition) is 1. The number of rotatable bonds is 2. The van der Waals surface area contributed by atoms with E-state index in [9.17, 15) is 0 Å². The molecule has 0 amide bonds. The summed E-state index contributed by atoms with van der Waals surface area (Å²) in [4.78, 5) is 0. The maximum Gasteiger partial charge on any atom is 0.153 e. The van der Waals surface area contributed by atoms with Gasteiger partial charge in [0.25, 0.3) is 0 Å². The van der Waals surface area contributed by atoms with Gasteiger partial charge >= 0.3 is 0 Å². The van der Waals surface area contributed by atoms with Gasteiger partial charge in [-0.25, -0.2) is 0 Å². The summed E-state index contributed by atoms with van der Waals surface area (Å²) in [6, 6.07) is 3.67. The highest BCUT2D eigenvalue weighted by molar-refractivity contribution is 8.22. The predicted molar refractivity (Wildman–Crippen MR) is 60.2 cm³/mol. The Hall–Kier alpha value is -0.810. The van der Waals surface area contributed by atoms with Crippen molar-refractivity contribution in [3.8, 4) is 0 Å². The molecule has 1 rings (SSSR count). The average molecular weight is 214 g/mol. The maximum atomic E-state index is 5.14. The minimum Gasteiger partial charge on any atom is -0.463 e. The lowest BCUT2D eigenvalue weighted by Gasteiger charge is -1.99. The molecule has 0 aliphatic carbocycles. The summed E-state index contributed by atoms with van der Waals surface area (Å²) in [6.45, 7) is 1.86. The lowest BCUT2D eigenvalue weighted by molar-refractivity contribution is 0.556. The van der Waals surface area contributed by atoms with E-state index in [4.69, 9.17) is 16.6 Å². The van der Waals surface area contributed by atoms with Crippen molar-refractivity contribution in [2.24, 2.45) is 5.10 Å². The minimum absolute atomic E-state index is 0.644. The van der Waals surface area contributed by atoms with Crippen LogP contribution in [0.2, 0.25) is 0 Å². The van der Waals surface area contributed by atoms with Gasteiger partial charge in [0.2, 0.25) is 0 Å². The van der Waals surface area contributed by atoms with Crippen LogP contribution in [0, 0.1) is 0 Å². The zero-order valence-electron chi connectivity index (χ0n) is 7.40. The summed E-state index contributed by atoms with van der Waals surface area (Å²) >= 11 is 6.36. The molecule has 0 bridgehead atoms. The fraction of sp³-hybridized carbons (Fsp3) is 0.250. The Bertz CT molecular complexity index is 306. The molecule has 1 N–H and O–H groups in total. The van der Waals surface area contributed by atoms with E-state index in [1.165, 1.54) is 11.8 Å². The van der Waals surface area contributed by atoms with Gasteiger partial charge in [0.15, 0.2) is 4.32 Å². The number of nitrogens with one attached hydrogen (secondary N) is 1. The molecule has 0 spiro atoms. The molecular weight excluding hydrogens is 204 g/mol. The number of thioether (sulfide) groups is 1. The third-order valence-electron chi connectivity index (χ3n) is 1.38. The quantitative estimate of drug-likeness (QED) is 0.465. The summed E-state index contributed by atoms with van der Waals surface area (Å²) in [5, 5.41) is 4.05. The van der Waals surface area contributed by atoms with E-state index in [2.05, 4.69) is 10.5 Å². The molecule has 13 heavy (non-hydrogen) atoms. The monoisotopic (exact) mass is 214 g/mol. The standard InChI is InChI=1S/C8H10N2OS2/c1-6(7-4-3-5-11-7)9-10-8(12)13-2/h3-5H,1-2H3,(H,10,12)/b9-6-. The van der Waals surface area contributed by atoms with Crippen molar-refractivity contribution in [3.05, 3.63) is 24.2 Å². The van der Waals surface area contributed by atoms with E-state index in [1.54, 1.807) is 6.26 Å². The molecule has 0 fully saturated rings. The van der Waals surface area contributed by atoms with Gasteiger partial charge in [-0.3, -0.25) is 5.43 Å². The predicted octanol–water partition coefficient (Wildman–Crippen LogP) is 2.24. The molecule has 0 radical (unpaired) electrons. The Morgan fingerprint density at radius 3 is 3.00 bits per heavy atom. The van der Waals surface area contributed by atoms with Crippen LogP contribution in [0.15, 0.2) is 27.9 Å². The van der Waals surface area contributed by atoms with Gasteiger partial charge in [-0.05, 0) is 25.3 Å². The third-order valence-corrected chi connectivity index (χ3v) is 2.43. The second-order valence-electron chi connectivity index (χ2n) is 2.28. The van der Waals surface area contributed by atoms with Crippen LogP contribution >= 0.6 is 24.0 Å². The highest BCUT2D eigenvalue weighted by atomic mass is 32.2. The number of hydrazone groups is 1. The molecular formula is C8H10N2OS2. The molecule has 3 nitrogen and oxygen atoms in total. The Labute approximate surface area is 86.6 Å². The second-order valence-corrected chi connectivity index (χ2v) is 3.76. The van der Waals surface area contributed by atoms with Gasteiger partial charge in [-0.15, -0.1) is 0 Å². The second kappa shape index (κ2) is 5.04. The molecule has 1 aromatic heterocycles. The normalized spacial score (nSPS) is 11.4. The number of nitrogens with zero attached hydrogens (tertiary/aromatic N) is 1. The van der Waals surface area contributed by atoms with Gasteiger partial charge in [-0.2, -0.15) is 5.10 Å². The SMILES string of the molecule is CSC(=S)N/N=C(/C)c1ccco1. The molecule has 0 aliphatic heterocycles. The summed E-state index contributed by atoms with van der Waals surface area (Å²) < 4.78 is 5.78. The van der Waals surface area contributed by atoms with Crippen LogP contribution in [0.25, 0.3) is 0 Å². The van der Waals surface area contributed by atoms with E-state index >= 15 is 0 Å². The smallest absolute Gasteiger partial charge is 0.153 e. The molecule has 0 unspecified atom stereocenters. The highest BCUT2D eigenvalue weighted by Gasteiger charge is 1.99. The van der Waals surface area contributed by atoms with Gasteiger partial charge in [0.05, 0.1) is 6.26 Å². The molecule has 0 saturated heterocycles. The van der Waals surface area contributed by atoms with Crippen LogP contribution in [0.1, 0.15) is 12.7 Å². The van der Waals surface area contributed by atoms with E-state index in [-0.39, 0.29) is 0 Å². The van der Waals surface area contributed by atoms with Crippen molar-refractivity contribution in [3.63, 3.8) is 0 Å². The molecule has 0 aromatic carbocycles. The van der Waals surface area contributed by atoms with Crippen LogP contribution in [0.5, 0.6) is 0 Å². The van der Waals surface area contributed by atoms with Gasteiger partial charge in [-0.1, -0.05) is 24.0 Å². The van der Waals surface area contributed by atoms with Gasteiger partial charge < -0.3 is 4.42 Å². The zero-order valence-corrected chi connectivity index (χ0v) is 9.04. The van der Waals surface area contributed by atoms with Crippen molar-refractivity contribution < 1.29 is 4.42 Å². The van der Waals surface area contributed by atoms with Crippen molar-refractivity contribution in [1.82, 2.24) is 5.43 Å². The largest absolute Gasteiger partial charge is 0.463 e. The van der Waals surface area contributed by atoms with Crippen LogP contribution < -0.4 is 5.43 Å². The highest BCUT2D eigenvalue weighted by Crippen LogP contribution is 2.01. The van der Waals surface area contributed by atoms with E-state index in [1.807, 2.05) is 25.3 Å². The van der Waals surface area contributed by atoms with E-state index < -0.39 is 0 Å². The van der Waals surface area contributed by atoms with Crippen molar-refractivity contribution >= 4 is 34.0 Å². The summed E-state index contributed by atoms with van der Waals surface area (Å²) in [7, 11) is 0. The lowest BCUT2D eigenvalue weighted by atomic mass is 10.3. The number of thiocarbonyl (C=S) groups is 1. The minimum atomic E-state index is 0.644. The van der Waals surface area contributed by atoms with Crippen LogP contribution in [-0.2, 0) is 0 Å². The van der Waals surface area contributed by atoms with Crippen molar-refractivity contribution in [2.75, 3.05) is 6.26 Å². The fourth-order valence-electron chi connectivity index (χ4n) is 0.715. The molecule has 0 atom stereocenters. The summed E-state index contributed by atoms with van der Waals surface area (Å²) in [5.74, 6) is 0.747. The number of furan rings is 1. The average Bonchev–Trinajstić information content (AvgIpc) is 2.66. The summed E-state index contributed by atoms with van der Waals surface area (Å²) in [6.07, 6.45) is 3.51. The summed E-state index contributed by atoms with van der Waals surface area (Å²) in [5.41, 5.74) is 3.52. The van der Waals surface area contributed by atoms with E-state index in [0.717, 1.165) is 11.5 Å². The Balaban J connectivity index is 2.57. The molecule has 1 heterocycles. The Kier molecular flexibility index (Phi) is 3.98. The fourth-order valence-corrected chi connectivity index (χ4v) is 0.897. The topological polar surface area (TPSA) is 37.5 Å². The first-order chi connectivity index (χ1) is 6.24. The van der Waals surface area contributed by atoms with Gasteiger partial charge in [0.1, 0.15) is 11.5 Å². The lowest BCUT2D eigenvalue weighted by Crippen LogP contribution is -2.12. The molecule has 1 aromatic rings. The first-order valence-electron chi connectivity index (χ1n) is 3.66. The third kappa shape index (κ3) is 3.20. The van der Waals surface area contributed by atoms with Gasteiger partial charge in [0, 0.05) is 0 Å².